The fourth-order valence-corrected chi connectivity index (χ4v) is 3.83. The number of hydrogen-bond acceptors (Lipinski definition) is 4. The highest BCUT2D eigenvalue weighted by molar-refractivity contribution is 5.93. The van der Waals surface area contributed by atoms with Crippen molar-refractivity contribution in [1.82, 2.24) is 24.8 Å². The SMILES string of the molecule is Cc1c(C(=O)N2CCN3CCCCC3C2)nnn1-c1ccccc1. The van der Waals surface area contributed by atoms with E-state index < -0.39 is 0 Å². The second-order valence-corrected chi connectivity index (χ2v) is 6.71. The summed E-state index contributed by atoms with van der Waals surface area (Å²) in [6.07, 6.45) is 3.75. The third-order valence-electron chi connectivity index (χ3n) is 5.22. The van der Waals surface area contributed by atoms with E-state index in [0.717, 1.165) is 31.0 Å². The van der Waals surface area contributed by atoms with Crippen molar-refractivity contribution in [1.29, 1.82) is 0 Å². The zero-order valence-electron chi connectivity index (χ0n) is 14.1. The van der Waals surface area contributed by atoms with Crippen LogP contribution in [0.25, 0.3) is 5.69 Å². The van der Waals surface area contributed by atoms with E-state index in [-0.39, 0.29) is 5.91 Å². The first-order chi connectivity index (χ1) is 11.7. The topological polar surface area (TPSA) is 54.3 Å². The largest absolute Gasteiger partial charge is 0.334 e. The minimum absolute atomic E-state index is 0.0138. The number of benzene rings is 1. The summed E-state index contributed by atoms with van der Waals surface area (Å²) in [7, 11) is 0. The van der Waals surface area contributed by atoms with Crippen LogP contribution in [0, 0.1) is 6.92 Å². The van der Waals surface area contributed by atoms with E-state index in [1.54, 1.807) is 4.68 Å². The van der Waals surface area contributed by atoms with Crippen LogP contribution in [0.15, 0.2) is 30.3 Å². The van der Waals surface area contributed by atoms with E-state index >= 15 is 0 Å². The average Bonchev–Trinajstić information content (AvgIpc) is 3.03. The number of amides is 1. The zero-order chi connectivity index (χ0) is 16.5. The number of piperidine rings is 1. The number of hydrogen-bond donors (Lipinski definition) is 0. The van der Waals surface area contributed by atoms with E-state index in [2.05, 4.69) is 15.2 Å². The molecule has 2 saturated heterocycles. The fourth-order valence-electron chi connectivity index (χ4n) is 3.83. The summed E-state index contributed by atoms with van der Waals surface area (Å²) in [6.45, 7) is 5.67. The molecule has 0 saturated carbocycles. The van der Waals surface area contributed by atoms with Gasteiger partial charge in [-0.3, -0.25) is 9.69 Å². The average molecular weight is 325 g/mol. The minimum Gasteiger partial charge on any atom is -0.334 e. The van der Waals surface area contributed by atoms with Gasteiger partial charge in [0.15, 0.2) is 5.69 Å². The number of rotatable bonds is 2. The normalized spacial score (nSPS) is 21.5. The van der Waals surface area contributed by atoms with Gasteiger partial charge in [0.05, 0.1) is 11.4 Å². The van der Waals surface area contributed by atoms with Crippen LogP contribution in [0.2, 0.25) is 0 Å². The molecule has 0 aliphatic carbocycles. The van der Waals surface area contributed by atoms with E-state index in [1.807, 2.05) is 42.2 Å². The van der Waals surface area contributed by atoms with Crippen LogP contribution < -0.4 is 0 Å². The summed E-state index contributed by atoms with van der Waals surface area (Å²) in [6, 6.07) is 10.3. The molecule has 0 spiro atoms. The van der Waals surface area contributed by atoms with Crippen molar-refractivity contribution in [2.24, 2.45) is 0 Å². The highest BCUT2D eigenvalue weighted by Crippen LogP contribution is 2.22. The van der Waals surface area contributed by atoms with Gasteiger partial charge >= 0.3 is 0 Å². The molecule has 1 aromatic carbocycles. The van der Waals surface area contributed by atoms with Gasteiger partial charge in [-0.1, -0.05) is 29.8 Å². The van der Waals surface area contributed by atoms with Gasteiger partial charge < -0.3 is 4.90 Å². The number of aromatic nitrogens is 3. The first-order valence-corrected chi connectivity index (χ1v) is 8.75. The lowest BCUT2D eigenvalue weighted by Gasteiger charge is -2.43. The van der Waals surface area contributed by atoms with Crippen molar-refractivity contribution in [2.75, 3.05) is 26.2 Å². The maximum Gasteiger partial charge on any atom is 0.276 e. The molecule has 24 heavy (non-hydrogen) atoms. The summed E-state index contributed by atoms with van der Waals surface area (Å²) in [5, 5.41) is 8.37. The Morgan fingerprint density at radius 3 is 2.79 bits per heavy atom. The van der Waals surface area contributed by atoms with Crippen molar-refractivity contribution < 1.29 is 4.79 Å². The number of nitrogens with zero attached hydrogens (tertiary/aromatic N) is 5. The lowest BCUT2D eigenvalue weighted by atomic mass is 9.99. The number of carbonyl (C=O) groups is 1. The molecule has 3 heterocycles. The molecule has 1 unspecified atom stereocenters. The fraction of sp³-hybridized carbons (Fsp3) is 0.500. The van der Waals surface area contributed by atoms with E-state index in [9.17, 15) is 4.79 Å². The smallest absolute Gasteiger partial charge is 0.276 e. The lowest BCUT2D eigenvalue weighted by Crippen LogP contribution is -2.56. The van der Waals surface area contributed by atoms with Gasteiger partial charge in [-0.25, -0.2) is 4.68 Å². The van der Waals surface area contributed by atoms with E-state index in [1.165, 1.54) is 25.8 Å². The molecule has 6 nitrogen and oxygen atoms in total. The van der Waals surface area contributed by atoms with Gasteiger partial charge in [0.2, 0.25) is 0 Å². The van der Waals surface area contributed by atoms with Crippen LogP contribution in [0.4, 0.5) is 0 Å². The molecule has 2 aliphatic heterocycles. The number of carbonyl (C=O) groups excluding carboxylic acids is 1. The van der Waals surface area contributed by atoms with Gasteiger partial charge in [-0.15, -0.1) is 5.10 Å². The molecule has 0 radical (unpaired) electrons. The summed E-state index contributed by atoms with van der Waals surface area (Å²) in [5.41, 5.74) is 2.21. The van der Waals surface area contributed by atoms with Crippen molar-refractivity contribution in [2.45, 2.75) is 32.2 Å². The highest BCUT2D eigenvalue weighted by atomic mass is 16.2. The first-order valence-electron chi connectivity index (χ1n) is 8.75. The monoisotopic (exact) mass is 325 g/mol. The Kier molecular flexibility index (Phi) is 4.06. The van der Waals surface area contributed by atoms with Crippen molar-refractivity contribution in [3.63, 3.8) is 0 Å². The Morgan fingerprint density at radius 1 is 1.12 bits per heavy atom. The van der Waals surface area contributed by atoms with Crippen molar-refractivity contribution in [3.05, 3.63) is 41.7 Å². The zero-order valence-corrected chi connectivity index (χ0v) is 14.1. The van der Waals surface area contributed by atoms with E-state index in [0.29, 0.717) is 11.7 Å². The third kappa shape index (κ3) is 2.71. The molecule has 4 rings (SSSR count). The van der Waals surface area contributed by atoms with Crippen molar-refractivity contribution in [3.8, 4) is 5.69 Å². The highest BCUT2D eigenvalue weighted by Gasteiger charge is 2.33. The Balaban J connectivity index is 1.54. The Hall–Kier alpha value is -2.21. The minimum atomic E-state index is 0.0138. The summed E-state index contributed by atoms with van der Waals surface area (Å²) in [4.78, 5) is 17.4. The van der Waals surface area contributed by atoms with Gasteiger partial charge in [0, 0.05) is 25.7 Å². The molecule has 2 fully saturated rings. The molecular formula is C18H23N5O. The number of para-hydroxylation sites is 1. The molecule has 2 aromatic rings. The molecular weight excluding hydrogens is 302 g/mol. The summed E-state index contributed by atoms with van der Waals surface area (Å²) >= 11 is 0. The van der Waals surface area contributed by atoms with Crippen LogP contribution in [0.3, 0.4) is 0 Å². The Bertz CT molecular complexity index is 726. The van der Waals surface area contributed by atoms with Crippen LogP contribution in [-0.4, -0.2) is 62.9 Å². The molecule has 2 aliphatic rings. The van der Waals surface area contributed by atoms with Crippen LogP contribution in [0.5, 0.6) is 0 Å². The summed E-state index contributed by atoms with van der Waals surface area (Å²) < 4.78 is 1.74. The second-order valence-electron chi connectivity index (χ2n) is 6.71. The van der Waals surface area contributed by atoms with Crippen LogP contribution in [-0.2, 0) is 0 Å². The van der Waals surface area contributed by atoms with Crippen molar-refractivity contribution >= 4 is 5.91 Å². The summed E-state index contributed by atoms with van der Waals surface area (Å²) in [5.74, 6) is 0.0138. The lowest BCUT2D eigenvalue weighted by molar-refractivity contribution is 0.0367. The Morgan fingerprint density at radius 2 is 1.96 bits per heavy atom. The van der Waals surface area contributed by atoms with E-state index in [4.69, 9.17) is 0 Å². The molecule has 1 amide bonds. The third-order valence-corrected chi connectivity index (χ3v) is 5.22. The molecule has 0 bridgehead atoms. The van der Waals surface area contributed by atoms with Crippen LogP contribution >= 0.6 is 0 Å². The van der Waals surface area contributed by atoms with Crippen LogP contribution in [0.1, 0.15) is 35.4 Å². The van der Waals surface area contributed by atoms with Gasteiger partial charge in [-0.05, 0) is 38.4 Å². The maximum absolute atomic E-state index is 12.9. The van der Waals surface area contributed by atoms with Gasteiger partial charge in [0.1, 0.15) is 0 Å². The number of fused-ring (bicyclic) bond motifs is 1. The predicted molar refractivity (Wildman–Crippen MR) is 91.2 cm³/mol. The standard InChI is InChI=1S/C18H23N5O/c1-14-17(19-20-23(14)15-7-3-2-4-8-15)18(24)22-12-11-21-10-6-5-9-16(21)13-22/h2-4,7-8,16H,5-6,9-13H2,1H3. The molecule has 6 heteroatoms. The molecule has 1 atom stereocenters. The molecule has 0 N–H and O–H groups in total. The maximum atomic E-state index is 12.9. The molecule has 126 valence electrons. The number of piperazine rings is 1. The van der Waals surface area contributed by atoms with Gasteiger partial charge in [-0.2, -0.15) is 0 Å². The quantitative estimate of drug-likeness (QED) is 0.846. The first kappa shape index (κ1) is 15.3. The van der Waals surface area contributed by atoms with Gasteiger partial charge in [0.25, 0.3) is 5.91 Å². The molecule has 1 aromatic heterocycles. The second kappa shape index (κ2) is 6.36. The predicted octanol–water partition coefficient (Wildman–Crippen LogP) is 1.89. The Labute approximate surface area is 142 Å².